The van der Waals surface area contributed by atoms with Crippen LogP contribution in [0.3, 0.4) is 0 Å². The lowest BCUT2D eigenvalue weighted by Crippen LogP contribution is -2.11. The zero-order valence-corrected chi connectivity index (χ0v) is 15.3. The number of phenols is 1. The number of benzene rings is 2. The van der Waals surface area contributed by atoms with Gasteiger partial charge in [0, 0.05) is 30.3 Å². The standard InChI is InChI=1S/C17H21N3O2S2/c1-23-19-13-7-12(8-14(10-13)20-24-2)16-5-4-15(21)9-11(16)3-6-17(18)22/h4-5,7-10,19-21H,3,6H2,1-2H3,(H2,18,22). The minimum atomic E-state index is -0.355. The molecule has 0 fully saturated rings. The van der Waals surface area contributed by atoms with Crippen molar-refractivity contribution in [2.45, 2.75) is 12.8 Å². The van der Waals surface area contributed by atoms with E-state index >= 15 is 0 Å². The van der Waals surface area contributed by atoms with Crippen molar-refractivity contribution >= 4 is 41.2 Å². The number of aromatic hydroxyl groups is 1. The van der Waals surface area contributed by atoms with E-state index < -0.39 is 0 Å². The van der Waals surface area contributed by atoms with Crippen LogP contribution in [-0.2, 0) is 11.2 Å². The molecule has 0 bridgehead atoms. The number of phenolic OH excluding ortho intramolecular Hbond substituents is 1. The van der Waals surface area contributed by atoms with Crippen LogP contribution < -0.4 is 15.2 Å². The lowest BCUT2D eigenvalue weighted by atomic mass is 9.95. The van der Waals surface area contributed by atoms with Crippen LogP contribution in [0.5, 0.6) is 5.75 Å². The number of hydrogen-bond donors (Lipinski definition) is 4. The van der Waals surface area contributed by atoms with Crippen LogP contribution in [0.4, 0.5) is 11.4 Å². The zero-order chi connectivity index (χ0) is 17.5. The van der Waals surface area contributed by atoms with Crippen LogP contribution in [0, 0.1) is 0 Å². The van der Waals surface area contributed by atoms with Gasteiger partial charge in [-0.15, -0.1) is 0 Å². The maximum atomic E-state index is 11.1. The van der Waals surface area contributed by atoms with Crippen molar-refractivity contribution in [3.63, 3.8) is 0 Å². The Hall–Kier alpha value is -1.99. The molecule has 0 saturated carbocycles. The van der Waals surface area contributed by atoms with E-state index in [1.165, 1.54) is 23.9 Å². The zero-order valence-electron chi connectivity index (χ0n) is 13.6. The summed E-state index contributed by atoms with van der Waals surface area (Å²) in [5.41, 5.74) is 10.1. The van der Waals surface area contributed by atoms with Gasteiger partial charge in [-0.2, -0.15) is 0 Å². The number of amides is 1. The molecule has 2 aromatic rings. The van der Waals surface area contributed by atoms with Crippen molar-refractivity contribution in [3.8, 4) is 16.9 Å². The van der Waals surface area contributed by atoms with Gasteiger partial charge in [0.15, 0.2) is 0 Å². The number of hydrogen-bond acceptors (Lipinski definition) is 6. The first-order chi connectivity index (χ1) is 11.5. The van der Waals surface area contributed by atoms with Gasteiger partial charge in [0.05, 0.1) is 0 Å². The Bertz CT molecular complexity index is 699. The van der Waals surface area contributed by atoms with Crippen LogP contribution in [0.15, 0.2) is 36.4 Å². The summed E-state index contributed by atoms with van der Waals surface area (Å²) in [7, 11) is 0. The minimum Gasteiger partial charge on any atom is -0.508 e. The molecule has 0 aliphatic heterocycles. The summed E-state index contributed by atoms with van der Waals surface area (Å²) < 4.78 is 6.48. The second kappa shape index (κ2) is 8.75. The van der Waals surface area contributed by atoms with E-state index in [0.29, 0.717) is 6.42 Å². The van der Waals surface area contributed by atoms with E-state index in [4.69, 9.17) is 5.73 Å². The number of rotatable bonds is 8. The van der Waals surface area contributed by atoms with E-state index in [1.54, 1.807) is 12.1 Å². The topological polar surface area (TPSA) is 87.4 Å². The molecule has 7 heteroatoms. The molecule has 0 aliphatic carbocycles. The maximum Gasteiger partial charge on any atom is 0.217 e. The average molecular weight is 364 g/mol. The summed E-state index contributed by atoms with van der Waals surface area (Å²) in [6.45, 7) is 0. The van der Waals surface area contributed by atoms with Crippen molar-refractivity contribution in [2.24, 2.45) is 5.73 Å². The van der Waals surface area contributed by atoms with Gasteiger partial charge in [0.25, 0.3) is 0 Å². The number of aryl methyl sites for hydroxylation is 1. The third-order valence-corrected chi connectivity index (χ3v) is 4.29. The third-order valence-electron chi connectivity index (χ3n) is 3.41. The molecule has 0 radical (unpaired) electrons. The van der Waals surface area contributed by atoms with E-state index in [1.807, 2.05) is 36.8 Å². The first-order valence-corrected chi connectivity index (χ1v) is 9.82. The van der Waals surface area contributed by atoms with E-state index in [2.05, 4.69) is 9.44 Å². The van der Waals surface area contributed by atoms with Crippen LogP contribution >= 0.6 is 23.9 Å². The van der Waals surface area contributed by atoms with Crippen LogP contribution in [0.25, 0.3) is 11.1 Å². The van der Waals surface area contributed by atoms with Crippen LogP contribution in [0.1, 0.15) is 12.0 Å². The molecule has 24 heavy (non-hydrogen) atoms. The Labute approximate surface area is 150 Å². The smallest absolute Gasteiger partial charge is 0.217 e. The van der Waals surface area contributed by atoms with Gasteiger partial charge >= 0.3 is 0 Å². The van der Waals surface area contributed by atoms with E-state index in [0.717, 1.165) is 28.1 Å². The quantitative estimate of drug-likeness (QED) is 0.533. The van der Waals surface area contributed by atoms with E-state index in [-0.39, 0.29) is 18.1 Å². The fraction of sp³-hybridized carbons (Fsp3) is 0.235. The number of primary amides is 1. The molecule has 0 unspecified atom stereocenters. The predicted molar refractivity (Wildman–Crippen MR) is 105 cm³/mol. The highest BCUT2D eigenvalue weighted by Crippen LogP contribution is 2.33. The van der Waals surface area contributed by atoms with Crippen molar-refractivity contribution in [3.05, 3.63) is 42.0 Å². The largest absolute Gasteiger partial charge is 0.508 e. The Morgan fingerprint density at radius 1 is 1.08 bits per heavy atom. The molecule has 5 N–H and O–H groups in total. The van der Waals surface area contributed by atoms with Gasteiger partial charge in [0.2, 0.25) is 5.91 Å². The normalized spacial score (nSPS) is 10.4. The van der Waals surface area contributed by atoms with Gasteiger partial charge in [0.1, 0.15) is 5.75 Å². The highest BCUT2D eigenvalue weighted by Gasteiger charge is 2.10. The van der Waals surface area contributed by atoms with Gasteiger partial charge in [-0.3, -0.25) is 4.79 Å². The third kappa shape index (κ3) is 5.01. The Balaban J connectivity index is 2.47. The minimum absolute atomic E-state index is 0.180. The van der Waals surface area contributed by atoms with E-state index in [9.17, 15) is 9.90 Å². The summed E-state index contributed by atoms with van der Waals surface area (Å²) in [4.78, 5) is 11.1. The van der Waals surface area contributed by atoms with Gasteiger partial charge in [-0.1, -0.05) is 30.0 Å². The summed E-state index contributed by atoms with van der Waals surface area (Å²) in [6, 6.07) is 11.3. The second-order valence-electron chi connectivity index (χ2n) is 5.22. The molecule has 2 aromatic carbocycles. The molecule has 0 aliphatic rings. The van der Waals surface area contributed by atoms with Crippen molar-refractivity contribution in [1.82, 2.24) is 0 Å². The van der Waals surface area contributed by atoms with Gasteiger partial charge in [-0.05, 0) is 53.4 Å². The fourth-order valence-corrected chi connectivity index (χ4v) is 3.17. The molecule has 1 amide bonds. The summed E-state index contributed by atoms with van der Waals surface area (Å²) in [5.74, 6) is -0.175. The molecule has 0 atom stereocenters. The molecule has 5 nitrogen and oxygen atoms in total. The SMILES string of the molecule is CSNc1cc(NSC)cc(-c2ccc(O)cc2CCC(N)=O)c1. The van der Waals surface area contributed by atoms with Gasteiger partial charge < -0.3 is 20.3 Å². The Morgan fingerprint density at radius 2 is 1.71 bits per heavy atom. The van der Waals surface area contributed by atoms with Crippen LogP contribution in [0.2, 0.25) is 0 Å². The van der Waals surface area contributed by atoms with Crippen LogP contribution in [-0.4, -0.2) is 23.5 Å². The lowest BCUT2D eigenvalue weighted by molar-refractivity contribution is -0.117. The summed E-state index contributed by atoms with van der Waals surface area (Å²) in [6.07, 6.45) is 4.67. The molecule has 0 spiro atoms. The summed E-state index contributed by atoms with van der Waals surface area (Å²) in [5, 5.41) is 9.78. The maximum absolute atomic E-state index is 11.1. The van der Waals surface area contributed by atoms with Gasteiger partial charge in [-0.25, -0.2) is 0 Å². The van der Waals surface area contributed by atoms with Crippen molar-refractivity contribution < 1.29 is 9.90 Å². The molecule has 0 aromatic heterocycles. The molecule has 0 saturated heterocycles. The van der Waals surface area contributed by atoms with Crippen molar-refractivity contribution in [2.75, 3.05) is 22.0 Å². The highest BCUT2D eigenvalue weighted by molar-refractivity contribution is 8.00. The number of nitrogens with two attached hydrogens (primary N) is 1. The second-order valence-corrected chi connectivity index (χ2v) is 6.44. The molecule has 0 heterocycles. The molecular formula is C17H21N3O2S2. The fourth-order valence-electron chi connectivity index (χ4n) is 2.46. The Kier molecular flexibility index (Phi) is 6.69. The number of carbonyl (C=O) groups is 1. The predicted octanol–water partition coefficient (Wildman–Crippen LogP) is 3.86. The first-order valence-electron chi connectivity index (χ1n) is 7.37. The molecular weight excluding hydrogens is 342 g/mol. The summed E-state index contributed by atoms with van der Waals surface area (Å²) >= 11 is 3.04. The number of carbonyl (C=O) groups excluding carboxylic acids is 1. The molecule has 2 rings (SSSR count). The lowest BCUT2D eigenvalue weighted by Gasteiger charge is -2.14. The molecule has 128 valence electrons. The average Bonchev–Trinajstić information content (AvgIpc) is 2.53. The number of nitrogens with one attached hydrogen (secondary N) is 2. The highest BCUT2D eigenvalue weighted by atomic mass is 32.2. The number of anilines is 2. The van der Waals surface area contributed by atoms with Crippen molar-refractivity contribution in [1.29, 1.82) is 0 Å². The monoisotopic (exact) mass is 363 g/mol. The first kappa shape index (κ1) is 18.4. The Morgan fingerprint density at radius 3 is 2.25 bits per heavy atom.